The van der Waals surface area contributed by atoms with Crippen molar-refractivity contribution in [2.75, 3.05) is 26.2 Å². The molecule has 0 aromatic rings. The number of oxime groups is 1. The normalized spacial score (nSPS) is 16.6. The number of rotatable bonds is 4. The molecule has 0 spiro atoms. The van der Waals surface area contributed by atoms with Crippen molar-refractivity contribution >= 4 is 11.9 Å². The van der Waals surface area contributed by atoms with Crippen LogP contribution in [0.5, 0.6) is 0 Å². The lowest BCUT2D eigenvalue weighted by molar-refractivity contribution is 0.166. The Morgan fingerprint density at radius 2 is 2.12 bits per heavy atom. The molecule has 1 heterocycles. The zero-order chi connectivity index (χ0) is 12.0. The van der Waals surface area contributed by atoms with Gasteiger partial charge in [0.05, 0.1) is 0 Å². The molecule has 1 fully saturated rings. The molecule has 0 bridgehead atoms. The molecule has 16 heavy (non-hydrogen) atoms. The third-order valence-electron chi connectivity index (χ3n) is 2.80. The maximum Gasteiger partial charge on any atom is 0.320 e. The number of nitrogens with two attached hydrogens (primary N) is 1. The van der Waals surface area contributed by atoms with Gasteiger partial charge in [-0.1, -0.05) is 5.16 Å². The van der Waals surface area contributed by atoms with Gasteiger partial charge in [0.25, 0.3) is 0 Å². The van der Waals surface area contributed by atoms with Crippen molar-refractivity contribution < 1.29 is 10.0 Å². The predicted molar refractivity (Wildman–Crippen MR) is 61.5 cm³/mol. The van der Waals surface area contributed by atoms with E-state index in [0.29, 0.717) is 19.5 Å². The monoisotopic (exact) mass is 228 g/mol. The highest BCUT2D eigenvalue weighted by Gasteiger charge is 2.22. The van der Waals surface area contributed by atoms with Gasteiger partial charge in [0.2, 0.25) is 0 Å². The van der Waals surface area contributed by atoms with Crippen molar-refractivity contribution in [3.05, 3.63) is 0 Å². The lowest BCUT2D eigenvalue weighted by atomic mass is 10.3. The number of likely N-dealkylation sites (tertiary alicyclic amines) is 1. The molecular formula is C10H20N4O2. The van der Waals surface area contributed by atoms with E-state index in [1.165, 1.54) is 0 Å². The van der Waals surface area contributed by atoms with Crippen molar-refractivity contribution in [2.45, 2.75) is 26.2 Å². The summed E-state index contributed by atoms with van der Waals surface area (Å²) in [6, 6.07) is 0.0609. The average Bonchev–Trinajstić information content (AvgIpc) is 2.82. The maximum atomic E-state index is 12.0. The molecule has 3 N–H and O–H groups in total. The molecule has 2 amide bonds. The Kier molecular flexibility index (Phi) is 4.88. The van der Waals surface area contributed by atoms with Gasteiger partial charge < -0.3 is 20.7 Å². The van der Waals surface area contributed by atoms with Crippen molar-refractivity contribution in [1.82, 2.24) is 9.80 Å². The smallest absolute Gasteiger partial charge is 0.320 e. The second kappa shape index (κ2) is 6.19. The molecule has 0 unspecified atom stereocenters. The molecule has 0 atom stereocenters. The summed E-state index contributed by atoms with van der Waals surface area (Å²) < 4.78 is 0. The molecule has 6 nitrogen and oxygen atoms in total. The Morgan fingerprint density at radius 1 is 1.50 bits per heavy atom. The highest BCUT2D eigenvalue weighted by atomic mass is 16.4. The summed E-state index contributed by atoms with van der Waals surface area (Å²) >= 11 is 0. The quantitative estimate of drug-likeness (QED) is 0.321. The zero-order valence-corrected chi connectivity index (χ0v) is 9.72. The molecule has 6 heteroatoms. The van der Waals surface area contributed by atoms with Crippen LogP contribution in [0, 0.1) is 0 Å². The maximum absolute atomic E-state index is 12.0. The van der Waals surface area contributed by atoms with Crippen LogP contribution in [0.2, 0.25) is 0 Å². The van der Waals surface area contributed by atoms with E-state index in [0.717, 1.165) is 25.9 Å². The fourth-order valence-electron chi connectivity index (χ4n) is 1.80. The minimum atomic E-state index is 0.0609. The number of urea groups is 1. The van der Waals surface area contributed by atoms with E-state index in [4.69, 9.17) is 10.9 Å². The number of carbonyl (C=O) groups excluding carboxylic acids is 1. The lowest BCUT2D eigenvalue weighted by Crippen LogP contribution is -2.42. The fraction of sp³-hybridized carbons (Fsp3) is 0.800. The topological polar surface area (TPSA) is 82.2 Å². The van der Waals surface area contributed by atoms with Crippen LogP contribution in [0.3, 0.4) is 0 Å². The summed E-state index contributed by atoms with van der Waals surface area (Å²) in [6.45, 7) is 4.77. The third-order valence-corrected chi connectivity index (χ3v) is 2.80. The van der Waals surface area contributed by atoms with Gasteiger partial charge >= 0.3 is 6.03 Å². The fourth-order valence-corrected chi connectivity index (χ4v) is 1.80. The Morgan fingerprint density at radius 3 is 2.62 bits per heavy atom. The van der Waals surface area contributed by atoms with Crippen LogP contribution in [-0.4, -0.2) is 53.1 Å². The highest BCUT2D eigenvalue weighted by molar-refractivity contribution is 5.81. The Labute approximate surface area is 95.7 Å². The summed E-state index contributed by atoms with van der Waals surface area (Å²) in [6.07, 6.45) is 2.58. The van der Waals surface area contributed by atoms with Crippen LogP contribution in [0.4, 0.5) is 4.79 Å². The van der Waals surface area contributed by atoms with Gasteiger partial charge in [0.15, 0.2) is 0 Å². The van der Waals surface area contributed by atoms with Crippen LogP contribution in [0.15, 0.2) is 5.16 Å². The third kappa shape index (κ3) is 3.29. The predicted octanol–water partition coefficient (Wildman–Crippen LogP) is 0.661. The second-order valence-corrected chi connectivity index (χ2v) is 3.90. The summed E-state index contributed by atoms with van der Waals surface area (Å²) in [4.78, 5) is 15.6. The standard InChI is InChI=1S/C10H20N4O2/c1-2-13(8-5-9(11)12-16)10(15)14-6-3-4-7-14/h16H,2-8H2,1H3,(H2,11,12). The molecule has 1 saturated heterocycles. The minimum Gasteiger partial charge on any atom is -0.409 e. The first kappa shape index (κ1) is 12.6. The van der Waals surface area contributed by atoms with Gasteiger partial charge in [-0.3, -0.25) is 0 Å². The van der Waals surface area contributed by atoms with Gasteiger partial charge in [-0.05, 0) is 19.8 Å². The van der Waals surface area contributed by atoms with Gasteiger partial charge in [-0.2, -0.15) is 0 Å². The number of hydrogen-bond donors (Lipinski definition) is 2. The number of amides is 2. The lowest BCUT2D eigenvalue weighted by Gasteiger charge is -2.26. The molecular weight excluding hydrogens is 208 g/mol. The first-order valence-corrected chi connectivity index (χ1v) is 5.69. The summed E-state index contributed by atoms with van der Waals surface area (Å²) in [5.74, 6) is 0.160. The van der Waals surface area contributed by atoms with Crippen LogP contribution in [0.1, 0.15) is 26.2 Å². The second-order valence-electron chi connectivity index (χ2n) is 3.90. The van der Waals surface area contributed by atoms with Crippen LogP contribution in [0.25, 0.3) is 0 Å². The van der Waals surface area contributed by atoms with E-state index in [9.17, 15) is 4.79 Å². The Hall–Kier alpha value is -1.46. The van der Waals surface area contributed by atoms with Crippen LogP contribution >= 0.6 is 0 Å². The molecule has 0 aromatic heterocycles. The van der Waals surface area contributed by atoms with E-state index >= 15 is 0 Å². The summed E-state index contributed by atoms with van der Waals surface area (Å²) in [5, 5.41) is 11.3. The first-order chi connectivity index (χ1) is 7.69. The number of amidine groups is 1. The van der Waals surface area contributed by atoms with Crippen molar-refractivity contribution in [2.24, 2.45) is 10.9 Å². The molecule has 1 aliphatic heterocycles. The van der Waals surface area contributed by atoms with E-state index in [-0.39, 0.29) is 11.9 Å². The molecule has 1 rings (SSSR count). The SMILES string of the molecule is CCN(CCC(N)=NO)C(=O)N1CCCC1. The Balaban J connectivity index is 2.43. The van der Waals surface area contributed by atoms with Crippen LogP contribution in [-0.2, 0) is 0 Å². The molecule has 92 valence electrons. The molecule has 0 aliphatic carbocycles. The zero-order valence-electron chi connectivity index (χ0n) is 9.72. The Bertz CT molecular complexity index is 262. The number of hydrogen-bond acceptors (Lipinski definition) is 3. The van der Waals surface area contributed by atoms with Crippen molar-refractivity contribution in [1.29, 1.82) is 0 Å². The first-order valence-electron chi connectivity index (χ1n) is 5.69. The van der Waals surface area contributed by atoms with E-state index < -0.39 is 0 Å². The highest BCUT2D eigenvalue weighted by Crippen LogP contribution is 2.10. The van der Waals surface area contributed by atoms with E-state index in [1.807, 2.05) is 11.8 Å². The van der Waals surface area contributed by atoms with Crippen molar-refractivity contribution in [3.63, 3.8) is 0 Å². The summed E-state index contributed by atoms with van der Waals surface area (Å²) in [7, 11) is 0. The van der Waals surface area contributed by atoms with Crippen molar-refractivity contribution in [3.8, 4) is 0 Å². The largest absolute Gasteiger partial charge is 0.409 e. The molecule has 0 aromatic carbocycles. The van der Waals surface area contributed by atoms with Crippen LogP contribution < -0.4 is 5.73 Å². The molecule has 0 radical (unpaired) electrons. The molecule has 1 aliphatic rings. The minimum absolute atomic E-state index is 0.0609. The van der Waals surface area contributed by atoms with Gasteiger partial charge in [-0.25, -0.2) is 4.79 Å². The van der Waals surface area contributed by atoms with Gasteiger partial charge in [0, 0.05) is 32.6 Å². The number of carbonyl (C=O) groups is 1. The number of nitrogens with zero attached hydrogens (tertiary/aromatic N) is 3. The van der Waals surface area contributed by atoms with Gasteiger partial charge in [-0.15, -0.1) is 0 Å². The van der Waals surface area contributed by atoms with E-state index in [1.54, 1.807) is 4.90 Å². The summed E-state index contributed by atoms with van der Waals surface area (Å²) in [5.41, 5.74) is 5.38. The average molecular weight is 228 g/mol. The molecule has 0 saturated carbocycles. The van der Waals surface area contributed by atoms with Gasteiger partial charge in [0.1, 0.15) is 5.84 Å². The van der Waals surface area contributed by atoms with E-state index in [2.05, 4.69) is 5.16 Å².